The molecular formula is C7H11ClN2O. The minimum absolute atomic E-state index is 0. The Morgan fingerprint density at radius 3 is 3.09 bits per heavy atom. The number of hydrogen-bond acceptors (Lipinski definition) is 3. The molecule has 0 saturated heterocycles. The van der Waals surface area contributed by atoms with Gasteiger partial charge in [0.15, 0.2) is 5.89 Å². The van der Waals surface area contributed by atoms with Crippen molar-refractivity contribution in [2.45, 2.75) is 19.9 Å². The quantitative estimate of drug-likeness (QED) is 0.639. The fraction of sp³-hybridized carbons (Fsp3) is 0.571. The third-order valence-electron chi connectivity index (χ3n) is 1.71. The topological polar surface area (TPSA) is 38.1 Å². The molecule has 1 aliphatic rings. The highest BCUT2D eigenvalue weighted by Crippen LogP contribution is 2.13. The van der Waals surface area contributed by atoms with Crippen molar-refractivity contribution < 1.29 is 4.42 Å². The van der Waals surface area contributed by atoms with E-state index in [4.69, 9.17) is 4.42 Å². The van der Waals surface area contributed by atoms with Crippen molar-refractivity contribution in [3.05, 3.63) is 17.3 Å². The van der Waals surface area contributed by atoms with Gasteiger partial charge >= 0.3 is 0 Å². The molecule has 0 bridgehead atoms. The first-order valence-corrected chi connectivity index (χ1v) is 3.52. The van der Waals surface area contributed by atoms with Crippen molar-refractivity contribution in [2.75, 3.05) is 6.54 Å². The van der Waals surface area contributed by atoms with Crippen molar-refractivity contribution in [3.8, 4) is 0 Å². The zero-order valence-corrected chi connectivity index (χ0v) is 7.20. The first-order chi connectivity index (χ1) is 4.86. The van der Waals surface area contributed by atoms with E-state index >= 15 is 0 Å². The summed E-state index contributed by atoms with van der Waals surface area (Å²) < 4.78 is 5.35. The van der Waals surface area contributed by atoms with Crippen LogP contribution in [-0.2, 0) is 13.0 Å². The molecule has 0 radical (unpaired) electrons. The zero-order valence-electron chi connectivity index (χ0n) is 6.39. The Balaban J connectivity index is 0.000000605. The second-order valence-electron chi connectivity index (χ2n) is 2.53. The number of fused-ring (bicyclic) bond motifs is 1. The van der Waals surface area contributed by atoms with Crippen LogP contribution in [-0.4, -0.2) is 11.5 Å². The van der Waals surface area contributed by atoms with E-state index in [1.807, 2.05) is 6.92 Å². The molecule has 0 spiro atoms. The van der Waals surface area contributed by atoms with Crippen LogP contribution in [0.25, 0.3) is 0 Å². The molecule has 1 aromatic rings. The van der Waals surface area contributed by atoms with Gasteiger partial charge in [-0.15, -0.1) is 12.4 Å². The first-order valence-electron chi connectivity index (χ1n) is 3.52. The smallest absolute Gasteiger partial charge is 0.191 e. The maximum Gasteiger partial charge on any atom is 0.191 e. The van der Waals surface area contributed by atoms with Gasteiger partial charge in [0.25, 0.3) is 0 Å². The van der Waals surface area contributed by atoms with Gasteiger partial charge in [-0.25, -0.2) is 4.98 Å². The molecule has 0 aliphatic carbocycles. The SMILES string of the molecule is Cc1nc2c(o1)CCNC2.Cl. The molecule has 3 nitrogen and oxygen atoms in total. The summed E-state index contributed by atoms with van der Waals surface area (Å²) in [5.74, 6) is 1.85. The molecule has 0 unspecified atom stereocenters. The highest BCUT2D eigenvalue weighted by Gasteiger charge is 2.13. The summed E-state index contributed by atoms with van der Waals surface area (Å²) in [6.45, 7) is 3.77. The van der Waals surface area contributed by atoms with Crippen LogP contribution in [0.2, 0.25) is 0 Å². The maximum atomic E-state index is 5.35. The first kappa shape index (κ1) is 8.56. The van der Waals surface area contributed by atoms with Gasteiger partial charge in [-0.2, -0.15) is 0 Å². The predicted molar refractivity (Wildman–Crippen MR) is 43.9 cm³/mol. The number of rotatable bonds is 0. The Morgan fingerprint density at radius 1 is 1.55 bits per heavy atom. The third-order valence-corrected chi connectivity index (χ3v) is 1.71. The van der Waals surface area contributed by atoms with Crippen molar-refractivity contribution >= 4 is 12.4 Å². The van der Waals surface area contributed by atoms with E-state index in [0.29, 0.717) is 0 Å². The van der Waals surface area contributed by atoms with E-state index in [9.17, 15) is 0 Å². The van der Waals surface area contributed by atoms with E-state index in [1.54, 1.807) is 0 Å². The summed E-state index contributed by atoms with van der Waals surface area (Å²) in [6.07, 6.45) is 0.982. The van der Waals surface area contributed by atoms with Gasteiger partial charge in [-0.1, -0.05) is 0 Å². The molecule has 2 rings (SSSR count). The molecule has 0 aromatic carbocycles. The number of oxazole rings is 1. The van der Waals surface area contributed by atoms with Gasteiger partial charge < -0.3 is 9.73 Å². The van der Waals surface area contributed by atoms with Gasteiger partial charge in [0.1, 0.15) is 5.76 Å². The molecule has 4 heteroatoms. The average molecular weight is 175 g/mol. The van der Waals surface area contributed by atoms with E-state index in [2.05, 4.69) is 10.3 Å². The number of hydrogen-bond donors (Lipinski definition) is 1. The normalized spacial score (nSPS) is 15.4. The van der Waals surface area contributed by atoms with Crippen LogP contribution in [0.1, 0.15) is 17.3 Å². The summed E-state index contributed by atoms with van der Waals surface area (Å²) in [7, 11) is 0. The van der Waals surface area contributed by atoms with Gasteiger partial charge in [0.05, 0.1) is 5.69 Å². The van der Waals surface area contributed by atoms with Crippen molar-refractivity contribution in [3.63, 3.8) is 0 Å². The van der Waals surface area contributed by atoms with Crippen molar-refractivity contribution in [1.82, 2.24) is 10.3 Å². The Hall–Kier alpha value is -0.540. The highest BCUT2D eigenvalue weighted by molar-refractivity contribution is 5.85. The van der Waals surface area contributed by atoms with Crippen molar-refractivity contribution in [2.24, 2.45) is 0 Å². The molecule has 0 fully saturated rings. The van der Waals surface area contributed by atoms with Crippen LogP contribution >= 0.6 is 12.4 Å². The fourth-order valence-electron chi connectivity index (χ4n) is 1.25. The van der Waals surface area contributed by atoms with Gasteiger partial charge in [-0.05, 0) is 0 Å². The summed E-state index contributed by atoms with van der Waals surface area (Å²) in [4.78, 5) is 4.22. The summed E-state index contributed by atoms with van der Waals surface area (Å²) >= 11 is 0. The lowest BCUT2D eigenvalue weighted by Gasteiger charge is -2.08. The average Bonchev–Trinajstić information content (AvgIpc) is 2.27. The van der Waals surface area contributed by atoms with Crippen LogP contribution < -0.4 is 5.32 Å². The van der Waals surface area contributed by atoms with Crippen LogP contribution in [0, 0.1) is 6.92 Å². The predicted octanol–water partition coefficient (Wildman–Crippen LogP) is 1.05. The monoisotopic (exact) mass is 174 g/mol. The third kappa shape index (κ3) is 1.54. The summed E-state index contributed by atoms with van der Waals surface area (Å²) in [5, 5.41) is 3.23. The second-order valence-corrected chi connectivity index (χ2v) is 2.53. The lowest BCUT2D eigenvalue weighted by molar-refractivity contribution is 0.453. The van der Waals surface area contributed by atoms with Crippen molar-refractivity contribution in [1.29, 1.82) is 0 Å². The Morgan fingerprint density at radius 2 is 2.36 bits per heavy atom. The lowest BCUT2D eigenvalue weighted by Crippen LogP contribution is -2.22. The molecular weight excluding hydrogens is 164 g/mol. The number of halogens is 1. The number of aryl methyl sites for hydroxylation is 1. The van der Waals surface area contributed by atoms with Crippen LogP contribution in [0.4, 0.5) is 0 Å². The zero-order chi connectivity index (χ0) is 6.97. The van der Waals surface area contributed by atoms with E-state index in [1.165, 1.54) is 0 Å². The Kier molecular flexibility index (Phi) is 2.52. The minimum atomic E-state index is 0. The van der Waals surface area contributed by atoms with Gasteiger partial charge in [0.2, 0.25) is 0 Å². The van der Waals surface area contributed by atoms with E-state index in [0.717, 1.165) is 36.9 Å². The molecule has 0 saturated carbocycles. The fourth-order valence-corrected chi connectivity index (χ4v) is 1.25. The van der Waals surface area contributed by atoms with Crippen LogP contribution in [0.3, 0.4) is 0 Å². The molecule has 1 aliphatic heterocycles. The lowest BCUT2D eigenvalue weighted by atomic mass is 10.2. The molecule has 1 N–H and O–H groups in total. The maximum absolute atomic E-state index is 5.35. The van der Waals surface area contributed by atoms with E-state index in [-0.39, 0.29) is 12.4 Å². The summed E-state index contributed by atoms with van der Waals surface area (Å²) in [5.41, 5.74) is 1.09. The Labute approximate surface area is 71.6 Å². The number of aromatic nitrogens is 1. The van der Waals surface area contributed by atoms with Crippen LogP contribution in [0.15, 0.2) is 4.42 Å². The minimum Gasteiger partial charge on any atom is -0.446 e. The second kappa shape index (κ2) is 3.24. The molecule has 0 atom stereocenters. The summed E-state index contributed by atoms with van der Waals surface area (Å²) in [6, 6.07) is 0. The van der Waals surface area contributed by atoms with Gasteiger partial charge in [-0.3, -0.25) is 0 Å². The molecule has 11 heavy (non-hydrogen) atoms. The molecule has 62 valence electrons. The highest BCUT2D eigenvalue weighted by atomic mass is 35.5. The molecule has 1 aromatic heterocycles. The molecule has 2 heterocycles. The van der Waals surface area contributed by atoms with Crippen LogP contribution in [0.5, 0.6) is 0 Å². The van der Waals surface area contributed by atoms with Gasteiger partial charge in [0, 0.05) is 26.4 Å². The van der Waals surface area contributed by atoms with E-state index < -0.39 is 0 Å². The largest absolute Gasteiger partial charge is 0.446 e. The number of nitrogens with one attached hydrogen (secondary N) is 1. The standard InChI is InChI=1S/C7H10N2O.ClH/c1-5-9-6-4-8-3-2-7(6)10-5;/h8H,2-4H2,1H3;1H. The molecule has 0 amide bonds. The number of nitrogens with zero attached hydrogens (tertiary/aromatic N) is 1. The Bertz CT molecular complexity index is 223.